The Hall–Kier alpha value is -3.80. The van der Waals surface area contributed by atoms with Crippen molar-refractivity contribution in [1.29, 1.82) is 0 Å². The van der Waals surface area contributed by atoms with E-state index in [2.05, 4.69) is 4.98 Å². The standard InChI is InChI=1S/C25H16F3NO2/c26-25(27,28)20-6-2-1-5-17(20)21-13-18(14-8-10-16(30)11-9-14)19-12-15-4-3-7-22(31)23(15)24(19)29-21/h1-11,13,30-31H,12H2. The molecule has 0 radical (unpaired) electrons. The predicted molar refractivity (Wildman–Crippen MR) is 112 cm³/mol. The van der Waals surface area contributed by atoms with Crippen molar-refractivity contribution in [3.05, 3.63) is 89.5 Å². The van der Waals surface area contributed by atoms with Crippen LogP contribution in [0.1, 0.15) is 16.7 Å². The second-order valence-corrected chi connectivity index (χ2v) is 7.46. The maximum Gasteiger partial charge on any atom is 0.417 e. The van der Waals surface area contributed by atoms with Crippen LogP contribution in [-0.4, -0.2) is 15.2 Å². The molecule has 0 saturated heterocycles. The highest BCUT2D eigenvalue weighted by Gasteiger charge is 2.34. The van der Waals surface area contributed by atoms with Crippen LogP contribution < -0.4 is 0 Å². The normalized spacial score (nSPS) is 12.5. The molecule has 1 aromatic heterocycles. The molecule has 1 aliphatic rings. The summed E-state index contributed by atoms with van der Waals surface area (Å²) in [6.07, 6.45) is -4.03. The summed E-state index contributed by atoms with van der Waals surface area (Å²) in [6, 6.07) is 18.6. The van der Waals surface area contributed by atoms with E-state index in [-0.39, 0.29) is 22.8 Å². The third kappa shape index (κ3) is 3.20. The fraction of sp³-hybridized carbons (Fsp3) is 0.0800. The number of phenols is 2. The Morgan fingerprint density at radius 1 is 0.806 bits per heavy atom. The highest BCUT2D eigenvalue weighted by Crippen LogP contribution is 2.47. The monoisotopic (exact) mass is 419 g/mol. The number of hydrogen-bond donors (Lipinski definition) is 2. The Morgan fingerprint density at radius 2 is 1.55 bits per heavy atom. The predicted octanol–water partition coefficient (Wildman–Crippen LogP) is 6.42. The fourth-order valence-electron chi connectivity index (χ4n) is 4.15. The quantitative estimate of drug-likeness (QED) is 0.347. The Kier molecular flexibility index (Phi) is 4.25. The molecule has 0 aliphatic heterocycles. The number of nitrogens with zero attached hydrogens (tertiary/aromatic N) is 1. The van der Waals surface area contributed by atoms with Crippen LogP contribution >= 0.6 is 0 Å². The van der Waals surface area contributed by atoms with Crippen molar-refractivity contribution in [2.45, 2.75) is 12.6 Å². The molecule has 1 heterocycles. The summed E-state index contributed by atoms with van der Waals surface area (Å²) in [7, 11) is 0. The number of hydrogen-bond acceptors (Lipinski definition) is 3. The number of halogens is 3. The maximum atomic E-state index is 13.7. The van der Waals surface area contributed by atoms with Crippen LogP contribution in [0.5, 0.6) is 11.5 Å². The molecule has 31 heavy (non-hydrogen) atoms. The molecular weight excluding hydrogens is 403 g/mol. The minimum absolute atomic E-state index is 0.0262. The van der Waals surface area contributed by atoms with Gasteiger partial charge in [0.2, 0.25) is 0 Å². The number of benzene rings is 3. The van der Waals surface area contributed by atoms with Crippen molar-refractivity contribution in [1.82, 2.24) is 4.98 Å². The van der Waals surface area contributed by atoms with Gasteiger partial charge in [0.25, 0.3) is 0 Å². The van der Waals surface area contributed by atoms with Gasteiger partial charge >= 0.3 is 6.18 Å². The lowest BCUT2D eigenvalue weighted by molar-refractivity contribution is -0.137. The summed E-state index contributed by atoms with van der Waals surface area (Å²) in [5.74, 6) is 0.139. The first-order valence-corrected chi connectivity index (χ1v) is 9.64. The first-order chi connectivity index (χ1) is 14.8. The van der Waals surface area contributed by atoms with E-state index in [4.69, 9.17) is 0 Å². The molecule has 0 unspecified atom stereocenters. The van der Waals surface area contributed by atoms with E-state index in [1.807, 2.05) is 6.07 Å². The number of fused-ring (bicyclic) bond motifs is 3. The fourth-order valence-corrected chi connectivity index (χ4v) is 4.15. The molecule has 6 heteroatoms. The lowest BCUT2D eigenvalue weighted by atomic mass is 9.94. The SMILES string of the molecule is Oc1ccc(-c2cc(-c3ccccc3C(F)(F)F)nc3c2Cc2cccc(O)c2-3)cc1. The third-order valence-corrected chi connectivity index (χ3v) is 5.54. The lowest BCUT2D eigenvalue weighted by Gasteiger charge is -2.16. The summed E-state index contributed by atoms with van der Waals surface area (Å²) in [5.41, 5.74) is 3.55. The van der Waals surface area contributed by atoms with E-state index in [0.717, 1.165) is 22.8 Å². The van der Waals surface area contributed by atoms with Crippen LogP contribution in [0.2, 0.25) is 0 Å². The summed E-state index contributed by atoms with van der Waals surface area (Å²) >= 11 is 0. The average Bonchev–Trinajstić information content (AvgIpc) is 3.13. The molecule has 2 N–H and O–H groups in total. The van der Waals surface area contributed by atoms with E-state index < -0.39 is 11.7 Å². The maximum absolute atomic E-state index is 13.7. The molecule has 0 bridgehead atoms. The first-order valence-electron chi connectivity index (χ1n) is 9.64. The van der Waals surface area contributed by atoms with E-state index in [1.54, 1.807) is 36.4 Å². The van der Waals surface area contributed by atoms with Crippen LogP contribution in [0.15, 0.2) is 72.8 Å². The zero-order valence-corrected chi connectivity index (χ0v) is 16.1. The van der Waals surface area contributed by atoms with Crippen LogP contribution in [0.3, 0.4) is 0 Å². The molecule has 0 atom stereocenters. The van der Waals surface area contributed by atoms with Crippen molar-refractivity contribution in [2.75, 3.05) is 0 Å². The lowest BCUT2D eigenvalue weighted by Crippen LogP contribution is -2.07. The van der Waals surface area contributed by atoms with Gasteiger partial charge in [-0.15, -0.1) is 0 Å². The van der Waals surface area contributed by atoms with Crippen LogP contribution in [-0.2, 0) is 12.6 Å². The number of phenolic OH excluding ortho intramolecular Hbond substituents is 2. The summed E-state index contributed by atoms with van der Waals surface area (Å²) in [6.45, 7) is 0. The van der Waals surface area contributed by atoms with Crippen LogP contribution in [0.25, 0.3) is 33.6 Å². The largest absolute Gasteiger partial charge is 0.508 e. The molecule has 0 fully saturated rings. The highest BCUT2D eigenvalue weighted by atomic mass is 19.4. The van der Waals surface area contributed by atoms with Crippen LogP contribution in [0.4, 0.5) is 13.2 Å². The van der Waals surface area contributed by atoms with Gasteiger partial charge in [0.15, 0.2) is 0 Å². The molecule has 4 aromatic rings. The topological polar surface area (TPSA) is 53.4 Å². The summed E-state index contributed by atoms with van der Waals surface area (Å²) < 4.78 is 41.1. The van der Waals surface area contributed by atoms with Crippen molar-refractivity contribution in [3.63, 3.8) is 0 Å². The number of rotatable bonds is 2. The van der Waals surface area contributed by atoms with Gasteiger partial charge < -0.3 is 10.2 Å². The van der Waals surface area contributed by atoms with Gasteiger partial charge in [-0.2, -0.15) is 13.2 Å². The molecule has 1 aliphatic carbocycles. The second-order valence-electron chi connectivity index (χ2n) is 7.46. The third-order valence-electron chi connectivity index (χ3n) is 5.54. The number of pyridine rings is 1. The molecule has 154 valence electrons. The van der Waals surface area contributed by atoms with Crippen molar-refractivity contribution in [3.8, 4) is 45.1 Å². The highest BCUT2D eigenvalue weighted by molar-refractivity contribution is 5.88. The number of aromatic hydroxyl groups is 2. The van der Waals surface area contributed by atoms with Crippen LogP contribution in [0, 0.1) is 0 Å². The Morgan fingerprint density at radius 3 is 2.29 bits per heavy atom. The molecule has 3 nitrogen and oxygen atoms in total. The minimum Gasteiger partial charge on any atom is -0.508 e. The second kappa shape index (κ2) is 6.87. The molecule has 0 spiro atoms. The van der Waals surface area contributed by atoms with Gasteiger partial charge in [0, 0.05) is 17.5 Å². The van der Waals surface area contributed by atoms with Gasteiger partial charge in [-0.25, -0.2) is 4.98 Å². The molecular formula is C25H16F3NO2. The van der Waals surface area contributed by atoms with E-state index in [9.17, 15) is 23.4 Å². The zero-order valence-electron chi connectivity index (χ0n) is 16.1. The average molecular weight is 419 g/mol. The van der Waals surface area contributed by atoms with Gasteiger partial charge in [-0.05, 0) is 52.6 Å². The van der Waals surface area contributed by atoms with E-state index in [0.29, 0.717) is 23.2 Å². The molecule has 0 amide bonds. The number of aromatic nitrogens is 1. The number of alkyl halides is 3. The first kappa shape index (κ1) is 19.2. The summed E-state index contributed by atoms with van der Waals surface area (Å²) in [5, 5.41) is 20.1. The molecule has 5 rings (SSSR count). The van der Waals surface area contributed by atoms with Gasteiger partial charge in [0.1, 0.15) is 11.5 Å². The van der Waals surface area contributed by atoms with Crippen molar-refractivity contribution >= 4 is 0 Å². The molecule has 3 aromatic carbocycles. The smallest absolute Gasteiger partial charge is 0.417 e. The summed E-state index contributed by atoms with van der Waals surface area (Å²) in [4.78, 5) is 4.59. The van der Waals surface area contributed by atoms with Gasteiger partial charge in [-0.1, -0.05) is 42.5 Å². The zero-order chi connectivity index (χ0) is 21.8. The minimum atomic E-state index is -4.53. The van der Waals surface area contributed by atoms with Crippen molar-refractivity contribution < 1.29 is 23.4 Å². The van der Waals surface area contributed by atoms with Gasteiger partial charge in [0.05, 0.1) is 17.0 Å². The van der Waals surface area contributed by atoms with Gasteiger partial charge in [-0.3, -0.25) is 0 Å². The Bertz CT molecular complexity index is 1310. The Balaban J connectivity index is 1.82. The Labute approximate surface area is 176 Å². The van der Waals surface area contributed by atoms with E-state index in [1.165, 1.54) is 24.3 Å². The van der Waals surface area contributed by atoms with Crippen molar-refractivity contribution in [2.24, 2.45) is 0 Å². The van der Waals surface area contributed by atoms with E-state index >= 15 is 0 Å². The molecule has 0 saturated carbocycles.